The molecule has 0 heterocycles. The van der Waals surface area contributed by atoms with Gasteiger partial charge in [0.15, 0.2) is 11.6 Å². The van der Waals surface area contributed by atoms with Gasteiger partial charge >= 0.3 is 0 Å². The zero-order valence-corrected chi connectivity index (χ0v) is 13.1. The van der Waals surface area contributed by atoms with Gasteiger partial charge < -0.3 is 5.32 Å². The molecule has 0 saturated heterocycles. The Balaban J connectivity index is 1.64. The van der Waals surface area contributed by atoms with Crippen LogP contribution in [0.15, 0.2) is 18.2 Å². The summed E-state index contributed by atoms with van der Waals surface area (Å²) in [4.78, 5) is 24.6. The highest BCUT2D eigenvalue weighted by atomic mass is 19.2. The van der Waals surface area contributed by atoms with E-state index in [0.29, 0.717) is 24.2 Å². The molecule has 124 valence electrons. The summed E-state index contributed by atoms with van der Waals surface area (Å²) in [7, 11) is 0. The molecule has 1 N–H and O–H groups in total. The Bertz CT molecular complexity index is 615. The summed E-state index contributed by atoms with van der Waals surface area (Å²) in [5.41, 5.74) is 0.532. The van der Waals surface area contributed by atoms with Crippen LogP contribution in [-0.2, 0) is 9.59 Å². The average Bonchev–Trinajstić information content (AvgIpc) is 2.49. The second-order valence-corrected chi connectivity index (χ2v) is 6.80. The predicted octanol–water partition coefficient (Wildman–Crippen LogP) is 3.54. The molecule has 1 unspecified atom stereocenters. The van der Waals surface area contributed by atoms with Crippen molar-refractivity contribution >= 4 is 11.7 Å². The number of benzene rings is 1. The number of hydrogen-bond donors (Lipinski definition) is 1. The van der Waals surface area contributed by atoms with Gasteiger partial charge in [0.05, 0.1) is 6.04 Å². The summed E-state index contributed by atoms with van der Waals surface area (Å²) in [6, 6.07) is 3.26. The van der Waals surface area contributed by atoms with Crippen LogP contribution in [-0.4, -0.2) is 11.7 Å². The fourth-order valence-corrected chi connectivity index (χ4v) is 3.89. The van der Waals surface area contributed by atoms with Crippen LogP contribution in [0.5, 0.6) is 0 Å². The number of hydrogen-bond acceptors (Lipinski definition) is 2. The van der Waals surface area contributed by atoms with Crippen molar-refractivity contribution < 1.29 is 18.4 Å². The van der Waals surface area contributed by atoms with Crippen LogP contribution >= 0.6 is 0 Å². The predicted molar refractivity (Wildman–Crippen MR) is 81.5 cm³/mol. The number of rotatable bonds is 3. The van der Waals surface area contributed by atoms with Gasteiger partial charge in [-0.15, -0.1) is 0 Å². The molecule has 2 bridgehead atoms. The van der Waals surface area contributed by atoms with Crippen molar-refractivity contribution in [3.63, 3.8) is 0 Å². The summed E-state index contributed by atoms with van der Waals surface area (Å²) in [5.74, 6) is -1.68. The summed E-state index contributed by atoms with van der Waals surface area (Å²) in [6.07, 6.45) is 4.08. The second-order valence-electron chi connectivity index (χ2n) is 6.80. The molecule has 23 heavy (non-hydrogen) atoms. The maximum absolute atomic E-state index is 13.3. The largest absolute Gasteiger partial charge is 0.349 e. The van der Waals surface area contributed by atoms with Gasteiger partial charge in [0.2, 0.25) is 5.91 Å². The number of Topliss-reactive ketones (excluding diaryl/α,β-unsaturated/α-hetero) is 1. The minimum atomic E-state index is -0.915. The first-order valence-electron chi connectivity index (χ1n) is 8.24. The number of amides is 1. The zero-order chi connectivity index (χ0) is 16.6. The first kappa shape index (κ1) is 16.1. The third-order valence-electron chi connectivity index (χ3n) is 5.22. The molecule has 5 heteroatoms. The zero-order valence-electron chi connectivity index (χ0n) is 13.1. The van der Waals surface area contributed by atoms with Crippen molar-refractivity contribution in [2.45, 2.75) is 45.1 Å². The minimum Gasteiger partial charge on any atom is -0.349 e. The molecule has 2 aliphatic rings. The van der Waals surface area contributed by atoms with E-state index in [2.05, 4.69) is 5.32 Å². The lowest BCUT2D eigenvalue weighted by atomic mass is 9.67. The maximum Gasteiger partial charge on any atom is 0.223 e. The highest BCUT2D eigenvalue weighted by molar-refractivity contribution is 5.88. The van der Waals surface area contributed by atoms with Gasteiger partial charge in [0.25, 0.3) is 0 Å². The Kier molecular flexibility index (Phi) is 4.46. The number of halogens is 2. The standard InChI is InChI=1S/C18H21F2NO2/c1-10(11-5-6-15(19)16(20)9-11)21-18(23)14-7-12-3-2-4-13(8-14)17(12)22/h5-6,9-10,12-14H,2-4,7-8H2,1H3,(H,21,23)/t10-,12-,13+,14?/m1/s1. The molecule has 2 aliphatic carbocycles. The molecule has 3 rings (SSSR count). The van der Waals surface area contributed by atoms with Crippen LogP contribution < -0.4 is 5.32 Å². The van der Waals surface area contributed by atoms with Crippen LogP contribution in [0.3, 0.4) is 0 Å². The molecule has 3 nitrogen and oxygen atoms in total. The van der Waals surface area contributed by atoms with Crippen LogP contribution in [0.2, 0.25) is 0 Å². The SMILES string of the molecule is C[C@@H](NC(=O)C1C[C@H]2CCC[C@@H](C1)C2=O)c1ccc(F)c(F)c1. The maximum atomic E-state index is 13.3. The molecule has 2 saturated carbocycles. The van der Waals surface area contributed by atoms with Crippen LogP contribution in [0, 0.1) is 29.4 Å². The van der Waals surface area contributed by atoms with E-state index in [1.165, 1.54) is 6.07 Å². The Labute approximate surface area is 134 Å². The third kappa shape index (κ3) is 3.28. The number of fused-ring (bicyclic) bond motifs is 2. The van der Waals surface area contributed by atoms with Crippen molar-refractivity contribution in [3.05, 3.63) is 35.4 Å². The summed E-state index contributed by atoms with van der Waals surface area (Å²) >= 11 is 0. The van der Waals surface area contributed by atoms with Gasteiger partial charge in [-0.2, -0.15) is 0 Å². The van der Waals surface area contributed by atoms with Crippen molar-refractivity contribution in [2.75, 3.05) is 0 Å². The van der Waals surface area contributed by atoms with E-state index >= 15 is 0 Å². The number of ketones is 1. The van der Waals surface area contributed by atoms with Crippen LogP contribution in [0.4, 0.5) is 8.78 Å². The normalized spacial score (nSPS) is 28.3. The molecule has 4 atom stereocenters. The molecular weight excluding hydrogens is 300 g/mol. The Hall–Kier alpha value is -1.78. The molecule has 0 radical (unpaired) electrons. The number of nitrogens with one attached hydrogen (secondary N) is 1. The Morgan fingerprint density at radius 3 is 2.43 bits per heavy atom. The van der Waals surface area contributed by atoms with Gasteiger partial charge in [-0.05, 0) is 50.3 Å². The van der Waals surface area contributed by atoms with Gasteiger partial charge in [-0.1, -0.05) is 12.5 Å². The van der Waals surface area contributed by atoms with Gasteiger partial charge in [0, 0.05) is 17.8 Å². The molecule has 1 amide bonds. The van der Waals surface area contributed by atoms with Crippen molar-refractivity contribution in [3.8, 4) is 0 Å². The lowest BCUT2D eigenvalue weighted by Gasteiger charge is -2.37. The molecule has 1 aromatic carbocycles. The van der Waals surface area contributed by atoms with E-state index in [-0.39, 0.29) is 23.7 Å². The number of carbonyl (C=O) groups excluding carboxylic acids is 2. The monoisotopic (exact) mass is 321 g/mol. The summed E-state index contributed by atoms with van der Waals surface area (Å²) in [6.45, 7) is 1.75. The summed E-state index contributed by atoms with van der Waals surface area (Å²) < 4.78 is 26.3. The van der Waals surface area contributed by atoms with Crippen LogP contribution in [0.1, 0.15) is 50.6 Å². The van der Waals surface area contributed by atoms with Gasteiger partial charge in [0.1, 0.15) is 5.78 Å². The van der Waals surface area contributed by atoms with E-state index in [1.54, 1.807) is 6.92 Å². The van der Waals surface area contributed by atoms with E-state index in [9.17, 15) is 18.4 Å². The topological polar surface area (TPSA) is 46.2 Å². The van der Waals surface area contributed by atoms with Gasteiger partial charge in [-0.3, -0.25) is 9.59 Å². The van der Waals surface area contributed by atoms with Crippen molar-refractivity contribution in [1.82, 2.24) is 5.32 Å². The second kappa shape index (κ2) is 6.38. The fourth-order valence-electron chi connectivity index (χ4n) is 3.89. The van der Waals surface area contributed by atoms with E-state index in [1.807, 2.05) is 0 Å². The highest BCUT2D eigenvalue weighted by Gasteiger charge is 2.41. The van der Waals surface area contributed by atoms with Crippen LogP contribution in [0.25, 0.3) is 0 Å². The van der Waals surface area contributed by atoms with Crippen molar-refractivity contribution in [1.29, 1.82) is 0 Å². The first-order valence-corrected chi connectivity index (χ1v) is 8.24. The van der Waals surface area contributed by atoms with E-state index in [0.717, 1.165) is 31.4 Å². The number of carbonyl (C=O) groups is 2. The van der Waals surface area contributed by atoms with Crippen molar-refractivity contribution in [2.24, 2.45) is 17.8 Å². The quantitative estimate of drug-likeness (QED) is 0.925. The Morgan fingerprint density at radius 2 is 1.83 bits per heavy atom. The third-order valence-corrected chi connectivity index (χ3v) is 5.22. The highest BCUT2D eigenvalue weighted by Crippen LogP contribution is 2.40. The first-order chi connectivity index (χ1) is 11.0. The average molecular weight is 321 g/mol. The molecule has 0 spiro atoms. The lowest BCUT2D eigenvalue weighted by Crippen LogP contribution is -2.43. The Morgan fingerprint density at radius 1 is 1.17 bits per heavy atom. The lowest BCUT2D eigenvalue weighted by molar-refractivity contribution is -0.137. The fraction of sp³-hybridized carbons (Fsp3) is 0.556. The van der Waals surface area contributed by atoms with E-state index in [4.69, 9.17) is 0 Å². The molecule has 2 fully saturated rings. The minimum absolute atomic E-state index is 0.0248. The molecule has 1 aromatic rings. The molecular formula is C18H21F2NO2. The molecule has 0 aliphatic heterocycles. The smallest absolute Gasteiger partial charge is 0.223 e. The summed E-state index contributed by atoms with van der Waals surface area (Å²) in [5, 5.41) is 2.88. The van der Waals surface area contributed by atoms with Gasteiger partial charge in [-0.25, -0.2) is 8.78 Å². The molecule has 0 aromatic heterocycles. The van der Waals surface area contributed by atoms with E-state index < -0.39 is 17.7 Å².